The van der Waals surface area contributed by atoms with Crippen LogP contribution in [0.2, 0.25) is 0 Å². The molecular weight excluding hydrogens is 301 g/mol. The fourth-order valence-electron chi connectivity index (χ4n) is 1.33. The number of nitrogens with one attached hydrogen (secondary N) is 1. The molecule has 9 heteroatoms. The van der Waals surface area contributed by atoms with Crippen LogP contribution < -0.4 is 11.1 Å². The summed E-state index contributed by atoms with van der Waals surface area (Å²) in [6, 6.07) is 3.20. The van der Waals surface area contributed by atoms with Crippen LogP contribution in [0.5, 0.6) is 0 Å². The molecule has 0 radical (unpaired) electrons. The quantitative estimate of drug-likeness (QED) is 0.326. The molecule has 0 fully saturated rings. The van der Waals surface area contributed by atoms with Gasteiger partial charge in [0.15, 0.2) is 15.7 Å². The molecule has 0 saturated carbocycles. The third-order valence-corrected chi connectivity index (χ3v) is 5.13. The number of hydrogen-bond acceptors (Lipinski definition) is 5. The largest absolute Gasteiger partial charge is 0.409 e. The lowest BCUT2D eigenvalue weighted by Crippen LogP contribution is -2.44. The number of amidine groups is 1. The molecule has 0 aliphatic carbocycles. The van der Waals surface area contributed by atoms with Gasteiger partial charge in [-0.05, 0) is 32.0 Å². The zero-order valence-electron chi connectivity index (χ0n) is 11.7. The van der Waals surface area contributed by atoms with E-state index in [4.69, 9.17) is 10.9 Å². The van der Waals surface area contributed by atoms with Crippen LogP contribution in [-0.2, 0) is 14.6 Å². The van der Waals surface area contributed by atoms with Crippen molar-refractivity contribution in [1.82, 2.24) is 0 Å². The van der Waals surface area contributed by atoms with Crippen molar-refractivity contribution < 1.29 is 22.8 Å². The molecule has 4 N–H and O–H groups in total. The number of hydrogen-bond donors (Lipinski definition) is 3. The van der Waals surface area contributed by atoms with Crippen molar-refractivity contribution in [1.29, 1.82) is 0 Å². The lowest BCUT2D eigenvalue weighted by atomic mass is 10.1. The number of nitrogens with two attached hydrogens (primary N) is 1. The van der Waals surface area contributed by atoms with Gasteiger partial charge in [0.25, 0.3) is 0 Å². The van der Waals surface area contributed by atoms with Gasteiger partial charge in [-0.25, -0.2) is 12.8 Å². The molecule has 0 aromatic heterocycles. The summed E-state index contributed by atoms with van der Waals surface area (Å²) in [7, 11) is -3.67. The van der Waals surface area contributed by atoms with E-state index in [1.807, 2.05) is 0 Å². The molecule has 0 atom stereocenters. The fourth-order valence-corrected chi connectivity index (χ4v) is 1.72. The van der Waals surface area contributed by atoms with Gasteiger partial charge >= 0.3 is 0 Å². The first-order valence-electron chi connectivity index (χ1n) is 5.79. The Kier molecular flexibility index (Phi) is 4.57. The minimum absolute atomic E-state index is 0.0356. The lowest BCUT2D eigenvalue weighted by molar-refractivity contribution is -0.117. The second-order valence-corrected chi connectivity index (χ2v) is 7.48. The summed E-state index contributed by atoms with van der Waals surface area (Å²) in [5.74, 6) is -1.89. The number of carbonyl (C=O) groups excluding carboxylic acids is 1. The molecule has 0 unspecified atom stereocenters. The van der Waals surface area contributed by atoms with E-state index in [1.54, 1.807) is 0 Å². The van der Waals surface area contributed by atoms with Crippen molar-refractivity contribution in [3.63, 3.8) is 0 Å². The predicted molar refractivity (Wildman–Crippen MR) is 76.5 cm³/mol. The van der Waals surface area contributed by atoms with Crippen LogP contribution in [-0.4, -0.2) is 36.4 Å². The van der Waals surface area contributed by atoms with E-state index in [0.29, 0.717) is 0 Å². The van der Waals surface area contributed by atoms with Crippen LogP contribution in [0, 0.1) is 5.82 Å². The molecule has 1 rings (SSSR count). The van der Waals surface area contributed by atoms with Crippen molar-refractivity contribution in [2.24, 2.45) is 10.9 Å². The Morgan fingerprint density at radius 2 is 2.00 bits per heavy atom. The molecule has 0 bridgehead atoms. The molecule has 0 saturated heterocycles. The van der Waals surface area contributed by atoms with Crippen LogP contribution in [0.15, 0.2) is 23.4 Å². The lowest BCUT2D eigenvalue weighted by Gasteiger charge is -2.22. The maximum atomic E-state index is 13.2. The van der Waals surface area contributed by atoms with E-state index < -0.39 is 32.1 Å². The predicted octanol–water partition coefficient (Wildman–Crippen LogP) is 0.682. The molecule has 0 heterocycles. The van der Waals surface area contributed by atoms with Crippen LogP contribution in [0.3, 0.4) is 0 Å². The van der Waals surface area contributed by atoms with E-state index in [-0.39, 0.29) is 11.3 Å². The number of benzene rings is 1. The summed E-state index contributed by atoms with van der Waals surface area (Å²) in [6.45, 7) is 2.48. The number of anilines is 1. The third-order valence-electron chi connectivity index (χ3n) is 3.09. The average molecular weight is 317 g/mol. The van der Waals surface area contributed by atoms with E-state index in [9.17, 15) is 17.6 Å². The Labute approximate surface area is 121 Å². The Morgan fingerprint density at radius 3 is 2.48 bits per heavy atom. The molecule has 0 spiro atoms. The zero-order chi connectivity index (χ0) is 16.4. The van der Waals surface area contributed by atoms with Gasteiger partial charge in [0.05, 0.1) is 5.69 Å². The first-order chi connectivity index (χ1) is 9.50. The molecule has 1 aromatic carbocycles. The minimum Gasteiger partial charge on any atom is -0.409 e. The second kappa shape index (κ2) is 5.68. The highest BCUT2D eigenvalue weighted by Crippen LogP contribution is 2.22. The number of carbonyl (C=O) groups is 1. The Balaban J connectivity index is 3.24. The number of rotatable bonds is 4. The first kappa shape index (κ1) is 16.9. The molecule has 21 heavy (non-hydrogen) atoms. The summed E-state index contributed by atoms with van der Waals surface area (Å²) in [5.41, 5.74) is 5.37. The number of halogens is 1. The monoisotopic (exact) mass is 317 g/mol. The Morgan fingerprint density at radius 1 is 1.43 bits per heavy atom. The molecular formula is C12H16FN3O4S. The summed E-state index contributed by atoms with van der Waals surface area (Å²) in [4.78, 5) is 12.1. The van der Waals surface area contributed by atoms with E-state index >= 15 is 0 Å². The van der Waals surface area contributed by atoms with Crippen molar-refractivity contribution in [2.75, 3.05) is 11.6 Å². The van der Waals surface area contributed by atoms with Crippen LogP contribution in [0.4, 0.5) is 10.1 Å². The highest BCUT2D eigenvalue weighted by molar-refractivity contribution is 7.92. The zero-order valence-corrected chi connectivity index (χ0v) is 12.5. The van der Waals surface area contributed by atoms with Gasteiger partial charge in [0.2, 0.25) is 5.91 Å². The van der Waals surface area contributed by atoms with Gasteiger partial charge in [-0.3, -0.25) is 4.79 Å². The van der Waals surface area contributed by atoms with Gasteiger partial charge in [-0.2, -0.15) is 0 Å². The summed E-state index contributed by atoms with van der Waals surface area (Å²) >= 11 is 0. The highest BCUT2D eigenvalue weighted by atomic mass is 32.2. The van der Waals surface area contributed by atoms with Gasteiger partial charge in [0, 0.05) is 11.8 Å². The number of nitrogens with zero attached hydrogens (tertiary/aromatic N) is 1. The molecule has 0 aliphatic rings. The summed E-state index contributed by atoms with van der Waals surface area (Å²) in [5, 5.41) is 13.7. The van der Waals surface area contributed by atoms with Crippen LogP contribution >= 0.6 is 0 Å². The van der Waals surface area contributed by atoms with E-state index in [0.717, 1.165) is 18.4 Å². The van der Waals surface area contributed by atoms with Crippen molar-refractivity contribution >= 4 is 27.3 Å². The Bertz CT molecular complexity index is 698. The third kappa shape index (κ3) is 3.48. The van der Waals surface area contributed by atoms with Gasteiger partial charge in [0.1, 0.15) is 10.6 Å². The first-order valence-corrected chi connectivity index (χ1v) is 7.68. The Hall–Kier alpha value is -2.16. The average Bonchev–Trinajstić information content (AvgIpc) is 2.38. The normalized spacial score (nSPS) is 13.0. The highest BCUT2D eigenvalue weighted by Gasteiger charge is 2.38. The maximum absolute atomic E-state index is 13.2. The van der Waals surface area contributed by atoms with Crippen molar-refractivity contribution in [3.8, 4) is 0 Å². The van der Waals surface area contributed by atoms with Crippen LogP contribution in [0.1, 0.15) is 19.4 Å². The van der Waals surface area contributed by atoms with Gasteiger partial charge < -0.3 is 16.3 Å². The summed E-state index contributed by atoms with van der Waals surface area (Å²) < 4.78 is 34.7. The standard InChI is InChI=1S/C12H16FN3O4S/c1-12(2,21(3,19)20)11(17)15-9-5-4-7(13)6-8(9)10(14)16-18/h4-6,18H,1-3H3,(H2,14,16)(H,15,17). The number of sulfone groups is 1. The molecule has 0 aliphatic heterocycles. The minimum atomic E-state index is -3.67. The molecule has 116 valence electrons. The van der Waals surface area contributed by atoms with E-state index in [2.05, 4.69) is 10.5 Å². The molecule has 7 nitrogen and oxygen atoms in total. The van der Waals surface area contributed by atoms with Gasteiger partial charge in [-0.1, -0.05) is 5.16 Å². The molecule has 1 aromatic rings. The fraction of sp³-hybridized carbons (Fsp3) is 0.333. The summed E-state index contributed by atoms with van der Waals surface area (Å²) in [6.07, 6.45) is 0.932. The smallest absolute Gasteiger partial charge is 0.245 e. The topological polar surface area (TPSA) is 122 Å². The van der Waals surface area contributed by atoms with Gasteiger partial charge in [-0.15, -0.1) is 0 Å². The SMILES string of the molecule is CC(C)(C(=O)Nc1ccc(F)cc1/C(N)=N/O)S(C)(=O)=O. The maximum Gasteiger partial charge on any atom is 0.245 e. The number of oxime groups is 1. The van der Waals surface area contributed by atoms with Crippen molar-refractivity contribution in [2.45, 2.75) is 18.6 Å². The second-order valence-electron chi connectivity index (χ2n) is 4.91. The van der Waals surface area contributed by atoms with E-state index in [1.165, 1.54) is 19.9 Å². The van der Waals surface area contributed by atoms with Crippen molar-refractivity contribution in [3.05, 3.63) is 29.6 Å². The van der Waals surface area contributed by atoms with Crippen LogP contribution in [0.25, 0.3) is 0 Å². The number of amides is 1. The molecule has 1 amide bonds.